The Bertz CT molecular complexity index is 1130. The third kappa shape index (κ3) is 3.19. The molecule has 2 aromatic heterocycles. The summed E-state index contributed by atoms with van der Waals surface area (Å²) in [7, 11) is 1.59. The van der Waals surface area contributed by atoms with Gasteiger partial charge in [-0.3, -0.25) is 4.79 Å². The molecule has 0 unspecified atom stereocenters. The highest BCUT2D eigenvalue weighted by molar-refractivity contribution is 7.20. The Balaban J connectivity index is 1.71. The number of carbonyl (C=O) groups is 1. The summed E-state index contributed by atoms with van der Waals surface area (Å²) in [6, 6.07) is 17.5. The van der Waals surface area contributed by atoms with E-state index in [0.717, 1.165) is 27.2 Å². The molecule has 0 aliphatic carbocycles. The Morgan fingerprint density at radius 2 is 1.89 bits per heavy atom. The lowest BCUT2D eigenvalue weighted by Gasteiger charge is -2.10. The molecule has 0 aliphatic rings. The number of para-hydroxylation sites is 1. The van der Waals surface area contributed by atoms with Gasteiger partial charge < -0.3 is 10.1 Å². The maximum absolute atomic E-state index is 12.8. The molecule has 4 aromatic rings. The maximum Gasteiger partial charge on any atom is 0.265 e. The molecule has 0 atom stereocenters. The number of fused-ring (bicyclic) bond motifs is 1. The molecule has 27 heavy (non-hydrogen) atoms. The fraction of sp³-hybridized carbons (Fsp3) is 0.143. The van der Waals surface area contributed by atoms with E-state index in [9.17, 15) is 4.79 Å². The zero-order chi connectivity index (χ0) is 19.0. The first-order valence-electron chi connectivity index (χ1n) is 8.57. The molecule has 1 amide bonds. The second kappa shape index (κ2) is 6.89. The van der Waals surface area contributed by atoms with Crippen molar-refractivity contribution in [3.05, 3.63) is 70.7 Å². The van der Waals surface area contributed by atoms with Crippen LogP contribution in [0.25, 0.3) is 15.9 Å². The van der Waals surface area contributed by atoms with Crippen molar-refractivity contribution in [1.29, 1.82) is 0 Å². The number of methoxy groups -OCH3 is 1. The lowest BCUT2D eigenvalue weighted by atomic mass is 10.2. The summed E-state index contributed by atoms with van der Waals surface area (Å²) in [5.41, 5.74) is 3.60. The molecule has 4 rings (SSSR count). The topological polar surface area (TPSA) is 56.1 Å². The first kappa shape index (κ1) is 17.3. The SMILES string of the molecule is COc1ccc(C)cc1NC(=O)c1cc2c(C)nn(-c3ccccc3)c2s1. The summed E-state index contributed by atoms with van der Waals surface area (Å²) in [6.07, 6.45) is 0. The van der Waals surface area contributed by atoms with Gasteiger partial charge in [-0.05, 0) is 49.7 Å². The third-order valence-corrected chi connectivity index (χ3v) is 5.48. The number of aryl methyl sites for hydroxylation is 2. The first-order chi connectivity index (χ1) is 13.1. The average Bonchev–Trinajstić information content (AvgIpc) is 3.23. The molecule has 0 saturated carbocycles. The summed E-state index contributed by atoms with van der Waals surface area (Å²) in [5, 5.41) is 8.57. The van der Waals surface area contributed by atoms with Gasteiger partial charge in [0.15, 0.2) is 0 Å². The predicted molar refractivity (Wildman–Crippen MR) is 109 cm³/mol. The van der Waals surface area contributed by atoms with E-state index in [1.165, 1.54) is 11.3 Å². The van der Waals surface area contributed by atoms with Crippen molar-refractivity contribution < 1.29 is 9.53 Å². The minimum absolute atomic E-state index is 0.154. The van der Waals surface area contributed by atoms with Gasteiger partial charge in [-0.15, -0.1) is 11.3 Å². The van der Waals surface area contributed by atoms with Crippen molar-refractivity contribution in [2.24, 2.45) is 0 Å². The monoisotopic (exact) mass is 377 g/mol. The fourth-order valence-electron chi connectivity index (χ4n) is 3.01. The van der Waals surface area contributed by atoms with Gasteiger partial charge in [0.2, 0.25) is 0 Å². The lowest BCUT2D eigenvalue weighted by Crippen LogP contribution is -2.11. The number of ether oxygens (including phenoxy) is 1. The van der Waals surface area contributed by atoms with E-state index in [1.807, 2.05) is 73.1 Å². The van der Waals surface area contributed by atoms with Gasteiger partial charge in [0.25, 0.3) is 5.91 Å². The highest BCUT2D eigenvalue weighted by Gasteiger charge is 2.18. The van der Waals surface area contributed by atoms with Gasteiger partial charge in [-0.1, -0.05) is 24.3 Å². The number of rotatable bonds is 4. The van der Waals surface area contributed by atoms with Crippen LogP contribution in [-0.4, -0.2) is 22.8 Å². The second-order valence-electron chi connectivity index (χ2n) is 6.32. The minimum atomic E-state index is -0.154. The summed E-state index contributed by atoms with van der Waals surface area (Å²) < 4.78 is 7.24. The van der Waals surface area contributed by atoms with Gasteiger partial charge in [-0.2, -0.15) is 5.10 Å². The predicted octanol–water partition coefficient (Wildman–Crippen LogP) is 4.96. The van der Waals surface area contributed by atoms with Crippen LogP contribution < -0.4 is 10.1 Å². The zero-order valence-electron chi connectivity index (χ0n) is 15.3. The van der Waals surface area contributed by atoms with Crippen LogP contribution in [0.5, 0.6) is 5.75 Å². The van der Waals surface area contributed by atoms with Gasteiger partial charge >= 0.3 is 0 Å². The molecule has 2 heterocycles. The number of carbonyl (C=O) groups excluding carboxylic acids is 1. The van der Waals surface area contributed by atoms with E-state index in [4.69, 9.17) is 4.74 Å². The summed E-state index contributed by atoms with van der Waals surface area (Å²) in [6.45, 7) is 3.94. The van der Waals surface area contributed by atoms with Crippen LogP contribution in [0.15, 0.2) is 54.6 Å². The molecule has 0 radical (unpaired) electrons. The van der Waals surface area contributed by atoms with E-state index in [-0.39, 0.29) is 5.91 Å². The number of benzene rings is 2. The number of nitrogens with one attached hydrogen (secondary N) is 1. The van der Waals surface area contributed by atoms with Crippen molar-refractivity contribution >= 4 is 33.1 Å². The smallest absolute Gasteiger partial charge is 0.265 e. The van der Waals surface area contributed by atoms with E-state index in [1.54, 1.807) is 7.11 Å². The van der Waals surface area contributed by atoms with Crippen molar-refractivity contribution in [1.82, 2.24) is 9.78 Å². The minimum Gasteiger partial charge on any atom is -0.495 e. The molecule has 5 nitrogen and oxygen atoms in total. The van der Waals surface area contributed by atoms with Gasteiger partial charge in [0.05, 0.1) is 29.1 Å². The maximum atomic E-state index is 12.8. The number of hydrogen-bond acceptors (Lipinski definition) is 4. The molecule has 2 aromatic carbocycles. The van der Waals surface area contributed by atoms with Crippen molar-refractivity contribution in [2.75, 3.05) is 12.4 Å². The number of thiophene rings is 1. The van der Waals surface area contributed by atoms with Gasteiger partial charge in [0, 0.05) is 5.39 Å². The molecule has 0 aliphatic heterocycles. The molecule has 0 saturated heterocycles. The van der Waals surface area contributed by atoms with Crippen LogP contribution in [0.2, 0.25) is 0 Å². The molecule has 0 spiro atoms. The first-order valence-corrected chi connectivity index (χ1v) is 9.39. The van der Waals surface area contributed by atoms with Crippen LogP contribution >= 0.6 is 11.3 Å². The Morgan fingerprint density at radius 3 is 2.63 bits per heavy atom. The van der Waals surface area contributed by atoms with Crippen molar-refractivity contribution in [3.8, 4) is 11.4 Å². The molecule has 6 heteroatoms. The quantitative estimate of drug-likeness (QED) is 0.547. The molecule has 1 N–H and O–H groups in total. The number of aromatic nitrogens is 2. The zero-order valence-corrected chi connectivity index (χ0v) is 16.1. The molecule has 0 bridgehead atoms. The molecular formula is C21H19N3O2S. The van der Waals surface area contributed by atoms with E-state index in [0.29, 0.717) is 16.3 Å². The number of amides is 1. The highest BCUT2D eigenvalue weighted by atomic mass is 32.1. The summed E-state index contributed by atoms with van der Waals surface area (Å²) >= 11 is 1.43. The molecule has 0 fully saturated rings. The van der Waals surface area contributed by atoms with Crippen LogP contribution in [0.1, 0.15) is 20.9 Å². The number of hydrogen-bond donors (Lipinski definition) is 1. The summed E-state index contributed by atoms with van der Waals surface area (Å²) in [4.78, 5) is 14.4. The Hall–Kier alpha value is -3.12. The van der Waals surface area contributed by atoms with Gasteiger partial charge in [0.1, 0.15) is 10.6 Å². The second-order valence-corrected chi connectivity index (χ2v) is 7.35. The van der Waals surface area contributed by atoms with Crippen LogP contribution in [0.4, 0.5) is 5.69 Å². The van der Waals surface area contributed by atoms with Crippen molar-refractivity contribution in [2.45, 2.75) is 13.8 Å². The van der Waals surface area contributed by atoms with Gasteiger partial charge in [-0.25, -0.2) is 4.68 Å². The van der Waals surface area contributed by atoms with Crippen LogP contribution in [0, 0.1) is 13.8 Å². The highest BCUT2D eigenvalue weighted by Crippen LogP contribution is 2.32. The lowest BCUT2D eigenvalue weighted by molar-refractivity contribution is 0.103. The average molecular weight is 377 g/mol. The Morgan fingerprint density at radius 1 is 1.11 bits per heavy atom. The Labute approximate surface area is 161 Å². The summed E-state index contributed by atoms with van der Waals surface area (Å²) in [5.74, 6) is 0.487. The number of nitrogens with zero attached hydrogens (tertiary/aromatic N) is 2. The third-order valence-electron chi connectivity index (χ3n) is 4.37. The molecular weight excluding hydrogens is 358 g/mol. The fourth-order valence-corrected chi connectivity index (χ4v) is 4.08. The normalized spacial score (nSPS) is 10.9. The van der Waals surface area contributed by atoms with Crippen molar-refractivity contribution in [3.63, 3.8) is 0 Å². The Kier molecular flexibility index (Phi) is 4.41. The van der Waals surface area contributed by atoms with E-state index < -0.39 is 0 Å². The standard InChI is InChI=1S/C21H19N3O2S/c1-13-9-10-18(26-3)17(11-13)22-20(25)19-12-16-14(2)23-24(21(16)27-19)15-7-5-4-6-8-15/h4-12H,1-3H3,(H,22,25). The van der Waals surface area contributed by atoms with Crippen LogP contribution in [0.3, 0.4) is 0 Å². The largest absolute Gasteiger partial charge is 0.495 e. The van der Waals surface area contributed by atoms with E-state index in [2.05, 4.69) is 10.4 Å². The van der Waals surface area contributed by atoms with Crippen LogP contribution in [-0.2, 0) is 0 Å². The molecule has 136 valence electrons. The number of anilines is 1. The van der Waals surface area contributed by atoms with E-state index >= 15 is 0 Å².